The SMILES string of the molecule is C[C@@H]1CCCN(CC(=O)NCC(=O)Nc2ccc(F)c(F)c2F)C1. The Labute approximate surface area is 138 Å². The lowest BCUT2D eigenvalue weighted by atomic mass is 10.0. The summed E-state index contributed by atoms with van der Waals surface area (Å²) in [6, 6.07) is 1.63. The Morgan fingerprint density at radius 1 is 1.21 bits per heavy atom. The molecule has 1 aromatic carbocycles. The number of carbonyl (C=O) groups excluding carboxylic acids is 2. The van der Waals surface area contributed by atoms with E-state index in [4.69, 9.17) is 0 Å². The van der Waals surface area contributed by atoms with Crippen LogP contribution in [0.2, 0.25) is 0 Å². The third-order valence-corrected chi connectivity index (χ3v) is 3.86. The number of hydrogen-bond acceptors (Lipinski definition) is 3. The summed E-state index contributed by atoms with van der Waals surface area (Å²) in [7, 11) is 0. The van der Waals surface area contributed by atoms with Crippen LogP contribution in [0, 0.1) is 23.4 Å². The molecule has 8 heteroatoms. The number of halogens is 3. The molecule has 2 N–H and O–H groups in total. The summed E-state index contributed by atoms with van der Waals surface area (Å²) in [5, 5.41) is 4.52. The van der Waals surface area contributed by atoms with E-state index in [1.54, 1.807) is 0 Å². The summed E-state index contributed by atoms with van der Waals surface area (Å²) in [5.41, 5.74) is -0.474. The first-order valence-corrected chi connectivity index (χ1v) is 7.79. The van der Waals surface area contributed by atoms with Crippen LogP contribution in [0.1, 0.15) is 19.8 Å². The second-order valence-electron chi connectivity index (χ2n) is 6.03. The fourth-order valence-corrected chi connectivity index (χ4v) is 2.69. The van der Waals surface area contributed by atoms with Crippen LogP contribution in [0.3, 0.4) is 0 Å². The topological polar surface area (TPSA) is 61.4 Å². The van der Waals surface area contributed by atoms with Crippen molar-refractivity contribution in [3.63, 3.8) is 0 Å². The van der Waals surface area contributed by atoms with Crippen molar-refractivity contribution >= 4 is 17.5 Å². The number of rotatable bonds is 5. The largest absolute Gasteiger partial charge is 0.346 e. The predicted octanol–water partition coefficient (Wildman–Crippen LogP) is 1.89. The molecule has 0 bridgehead atoms. The average molecular weight is 343 g/mol. The Bertz CT molecular complexity index is 625. The number of hydrogen-bond donors (Lipinski definition) is 2. The smallest absolute Gasteiger partial charge is 0.243 e. The van der Waals surface area contributed by atoms with Crippen molar-refractivity contribution in [2.45, 2.75) is 19.8 Å². The van der Waals surface area contributed by atoms with Crippen molar-refractivity contribution in [1.29, 1.82) is 0 Å². The molecule has 1 atom stereocenters. The van der Waals surface area contributed by atoms with Crippen LogP contribution in [-0.4, -0.2) is 42.9 Å². The van der Waals surface area contributed by atoms with Gasteiger partial charge in [-0.1, -0.05) is 6.92 Å². The van der Waals surface area contributed by atoms with Gasteiger partial charge >= 0.3 is 0 Å². The first kappa shape index (κ1) is 18.3. The summed E-state index contributed by atoms with van der Waals surface area (Å²) in [5.74, 6) is -4.97. The van der Waals surface area contributed by atoms with E-state index in [1.807, 2.05) is 4.90 Å². The first-order chi connectivity index (χ1) is 11.4. The molecule has 1 saturated heterocycles. The molecular weight excluding hydrogens is 323 g/mol. The first-order valence-electron chi connectivity index (χ1n) is 7.79. The number of piperidine rings is 1. The Morgan fingerprint density at radius 2 is 1.96 bits per heavy atom. The maximum absolute atomic E-state index is 13.4. The summed E-state index contributed by atoms with van der Waals surface area (Å²) < 4.78 is 39.3. The van der Waals surface area contributed by atoms with Crippen molar-refractivity contribution in [3.8, 4) is 0 Å². The van der Waals surface area contributed by atoms with Crippen LogP contribution in [0.4, 0.5) is 18.9 Å². The number of likely N-dealkylation sites (tertiary alicyclic amines) is 1. The van der Waals surface area contributed by atoms with E-state index in [0.29, 0.717) is 12.0 Å². The molecule has 0 aromatic heterocycles. The molecule has 1 heterocycles. The highest BCUT2D eigenvalue weighted by atomic mass is 19.2. The third-order valence-electron chi connectivity index (χ3n) is 3.86. The van der Waals surface area contributed by atoms with Gasteiger partial charge < -0.3 is 10.6 Å². The molecule has 0 radical (unpaired) electrons. The molecule has 1 fully saturated rings. The number of anilines is 1. The minimum absolute atomic E-state index is 0.192. The lowest BCUT2D eigenvalue weighted by molar-refractivity contribution is -0.125. The van der Waals surface area contributed by atoms with Gasteiger partial charge in [0, 0.05) is 6.54 Å². The molecule has 0 spiro atoms. The highest BCUT2D eigenvalue weighted by Gasteiger charge is 2.19. The van der Waals surface area contributed by atoms with Crippen LogP contribution in [0.5, 0.6) is 0 Å². The van der Waals surface area contributed by atoms with Crippen LogP contribution in [0.25, 0.3) is 0 Å². The second-order valence-corrected chi connectivity index (χ2v) is 6.03. The van der Waals surface area contributed by atoms with E-state index in [1.165, 1.54) is 0 Å². The molecule has 0 unspecified atom stereocenters. The zero-order valence-electron chi connectivity index (χ0n) is 13.4. The number of nitrogens with one attached hydrogen (secondary N) is 2. The Hall–Kier alpha value is -2.09. The second kappa shape index (κ2) is 8.14. The minimum atomic E-state index is -1.66. The molecule has 0 saturated carbocycles. The van der Waals surface area contributed by atoms with Crippen molar-refractivity contribution in [3.05, 3.63) is 29.6 Å². The molecule has 0 aliphatic carbocycles. The van der Waals surface area contributed by atoms with Gasteiger partial charge in [0.05, 0.1) is 18.8 Å². The minimum Gasteiger partial charge on any atom is -0.346 e. The Balaban J connectivity index is 1.78. The zero-order chi connectivity index (χ0) is 17.7. The van der Waals surface area contributed by atoms with Gasteiger partial charge in [0.1, 0.15) is 0 Å². The van der Waals surface area contributed by atoms with Gasteiger partial charge in [0.25, 0.3) is 0 Å². The maximum Gasteiger partial charge on any atom is 0.243 e. The summed E-state index contributed by atoms with van der Waals surface area (Å²) >= 11 is 0. The van der Waals surface area contributed by atoms with Crippen molar-refractivity contribution < 1.29 is 22.8 Å². The van der Waals surface area contributed by atoms with E-state index in [2.05, 4.69) is 17.6 Å². The monoisotopic (exact) mass is 343 g/mol. The quantitative estimate of drug-likeness (QED) is 0.803. The van der Waals surface area contributed by atoms with Crippen molar-refractivity contribution in [1.82, 2.24) is 10.2 Å². The molecule has 24 heavy (non-hydrogen) atoms. The van der Waals surface area contributed by atoms with Crippen LogP contribution in [-0.2, 0) is 9.59 Å². The van der Waals surface area contributed by atoms with Gasteiger partial charge in [-0.25, -0.2) is 13.2 Å². The van der Waals surface area contributed by atoms with E-state index < -0.39 is 29.0 Å². The molecule has 2 rings (SSSR count). The highest BCUT2D eigenvalue weighted by Crippen LogP contribution is 2.19. The van der Waals surface area contributed by atoms with Gasteiger partial charge in [-0.05, 0) is 37.4 Å². The van der Waals surface area contributed by atoms with E-state index in [0.717, 1.165) is 32.0 Å². The highest BCUT2D eigenvalue weighted by molar-refractivity contribution is 5.94. The molecule has 1 aromatic rings. The van der Waals surface area contributed by atoms with Gasteiger partial charge in [-0.3, -0.25) is 14.5 Å². The molecule has 1 aliphatic heterocycles. The van der Waals surface area contributed by atoms with Gasteiger partial charge in [-0.2, -0.15) is 0 Å². The molecule has 132 valence electrons. The van der Waals surface area contributed by atoms with Crippen molar-refractivity contribution in [2.75, 3.05) is 31.5 Å². The van der Waals surface area contributed by atoms with E-state index in [-0.39, 0.29) is 19.0 Å². The number of benzene rings is 1. The van der Waals surface area contributed by atoms with E-state index in [9.17, 15) is 22.8 Å². The van der Waals surface area contributed by atoms with E-state index >= 15 is 0 Å². The standard InChI is InChI=1S/C16H20F3N3O2/c1-10-3-2-6-22(8-10)9-14(24)20-7-13(23)21-12-5-4-11(17)15(18)16(12)19/h4-5,10H,2-3,6-9H2,1H3,(H,20,24)(H,21,23)/t10-/m1/s1. The summed E-state index contributed by atoms with van der Waals surface area (Å²) in [6.07, 6.45) is 2.17. The predicted molar refractivity (Wildman–Crippen MR) is 82.8 cm³/mol. The fourth-order valence-electron chi connectivity index (χ4n) is 2.69. The maximum atomic E-state index is 13.4. The number of nitrogens with zero attached hydrogens (tertiary/aromatic N) is 1. The molecule has 2 amide bonds. The van der Waals surface area contributed by atoms with Crippen LogP contribution in [0.15, 0.2) is 12.1 Å². The van der Waals surface area contributed by atoms with Gasteiger partial charge in [-0.15, -0.1) is 0 Å². The Morgan fingerprint density at radius 3 is 2.67 bits per heavy atom. The zero-order valence-corrected chi connectivity index (χ0v) is 13.4. The lowest BCUT2D eigenvalue weighted by Gasteiger charge is -2.30. The normalized spacial score (nSPS) is 18.2. The third kappa shape index (κ3) is 4.95. The fraction of sp³-hybridized carbons (Fsp3) is 0.500. The summed E-state index contributed by atoms with van der Waals surface area (Å²) in [4.78, 5) is 25.5. The van der Waals surface area contributed by atoms with Crippen molar-refractivity contribution in [2.24, 2.45) is 5.92 Å². The molecular formula is C16H20F3N3O2. The average Bonchev–Trinajstić information content (AvgIpc) is 2.53. The molecule has 5 nitrogen and oxygen atoms in total. The Kier molecular flexibility index (Phi) is 6.19. The number of amides is 2. The summed E-state index contributed by atoms with van der Waals surface area (Å²) in [6.45, 7) is 3.61. The lowest BCUT2D eigenvalue weighted by Crippen LogP contribution is -2.43. The number of carbonyl (C=O) groups is 2. The van der Waals surface area contributed by atoms with Crippen LogP contribution >= 0.6 is 0 Å². The molecule has 1 aliphatic rings. The van der Waals surface area contributed by atoms with Gasteiger partial charge in [0.2, 0.25) is 11.8 Å². The van der Waals surface area contributed by atoms with Crippen LogP contribution < -0.4 is 10.6 Å². The van der Waals surface area contributed by atoms with Gasteiger partial charge in [0.15, 0.2) is 17.5 Å².